The standard InChI is InChI=1S/C22H28ClN3O/c1-16-13-17(2)22(18(3)14-16)24-8-7-21(27)26-11-9-25(10-12-26)20-6-4-5-19(23)15-20/h4-6,13-15,24H,7-12H2,1-3H3. The van der Waals surface area contributed by atoms with E-state index in [-0.39, 0.29) is 5.91 Å². The number of rotatable bonds is 5. The van der Waals surface area contributed by atoms with Gasteiger partial charge in [0.1, 0.15) is 0 Å². The second-order valence-electron chi connectivity index (χ2n) is 7.30. The van der Waals surface area contributed by atoms with Gasteiger partial charge >= 0.3 is 0 Å². The summed E-state index contributed by atoms with van der Waals surface area (Å²) in [6, 6.07) is 12.2. The molecule has 2 aromatic rings. The highest BCUT2D eigenvalue weighted by Gasteiger charge is 2.21. The molecule has 1 saturated heterocycles. The van der Waals surface area contributed by atoms with Crippen LogP contribution < -0.4 is 10.2 Å². The van der Waals surface area contributed by atoms with Crippen LogP contribution in [0.2, 0.25) is 5.02 Å². The smallest absolute Gasteiger partial charge is 0.224 e. The molecule has 5 heteroatoms. The van der Waals surface area contributed by atoms with E-state index < -0.39 is 0 Å². The van der Waals surface area contributed by atoms with E-state index >= 15 is 0 Å². The van der Waals surface area contributed by atoms with Gasteiger partial charge in [-0.05, 0) is 50.1 Å². The van der Waals surface area contributed by atoms with E-state index in [1.165, 1.54) is 16.7 Å². The molecule has 0 radical (unpaired) electrons. The number of hydrogen-bond donors (Lipinski definition) is 1. The summed E-state index contributed by atoms with van der Waals surface area (Å²) in [4.78, 5) is 16.8. The van der Waals surface area contributed by atoms with Gasteiger partial charge < -0.3 is 15.1 Å². The summed E-state index contributed by atoms with van der Waals surface area (Å²) in [5, 5.41) is 4.20. The first kappa shape index (κ1) is 19.6. The number of carbonyl (C=O) groups is 1. The molecular formula is C22H28ClN3O. The highest BCUT2D eigenvalue weighted by molar-refractivity contribution is 6.30. The third-order valence-corrected chi connectivity index (χ3v) is 5.36. The van der Waals surface area contributed by atoms with Crippen molar-refractivity contribution >= 4 is 28.9 Å². The number of nitrogens with one attached hydrogen (secondary N) is 1. The number of halogens is 1. The lowest BCUT2D eigenvalue weighted by atomic mass is 10.1. The Balaban J connectivity index is 1.47. The van der Waals surface area contributed by atoms with Crippen LogP contribution in [-0.4, -0.2) is 43.5 Å². The van der Waals surface area contributed by atoms with Gasteiger partial charge in [0.25, 0.3) is 0 Å². The summed E-state index contributed by atoms with van der Waals surface area (Å²) >= 11 is 6.08. The summed E-state index contributed by atoms with van der Waals surface area (Å²) in [6.45, 7) is 10.2. The fourth-order valence-corrected chi connectivity index (χ4v) is 3.98. The number of aryl methyl sites for hydroxylation is 3. The topological polar surface area (TPSA) is 35.6 Å². The van der Waals surface area contributed by atoms with Crippen LogP contribution in [0.1, 0.15) is 23.1 Å². The van der Waals surface area contributed by atoms with E-state index in [1.54, 1.807) is 0 Å². The Labute approximate surface area is 167 Å². The van der Waals surface area contributed by atoms with Gasteiger partial charge in [0.2, 0.25) is 5.91 Å². The van der Waals surface area contributed by atoms with Crippen molar-refractivity contribution in [1.82, 2.24) is 4.90 Å². The molecule has 1 N–H and O–H groups in total. The Morgan fingerprint density at radius 2 is 1.70 bits per heavy atom. The van der Waals surface area contributed by atoms with Crippen molar-refractivity contribution in [1.29, 1.82) is 0 Å². The number of nitrogens with zero attached hydrogens (tertiary/aromatic N) is 2. The van der Waals surface area contributed by atoms with Crippen LogP contribution in [0.4, 0.5) is 11.4 Å². The first-order valence-electron chi connectivity index (χ1n) is 9.54. The molecule has 2 aromatic carbocycles. The van der Waals surface area contributed by atoms with Crippen LogP contribution >= 0.6 is 11.6 Å². The molecule has 1 aliphatic rings. The minimum atomic E-state index is 0.218. The predicted molar refractivity (Wildman–Crippen MR) is 114 cm³/mol. The van der Waals surface area contributed by atoms with Crippen LogP contribution in [0, 0.1) is 20.8 Å². The Kier molecular flexibility index (Phi) is 6.27. The van der Waals surface area contributed by atoms with Crippen LogP contribution in [0.5, 0.6) is 0 Å². The van der Waals surface area contributed by atoms with Crippen molar-refractivity contribution in [3.05, 3.63) is 58.1 Å². The average molecular weight is 386 g/mol. The summed E-state index contributed by atoms with van der Waals surface area (Å²) < 4.78 is 0. The van der Waals surface area contributed by atoms with Gasteiger partial charge in [-0.1, -0.05) is 35.4 Å². The molecule has 1 amide bonds. The molecule has 4 nitrogen and oxygen atoms in total. The SMILES string of the molecule is Cc1cc(C)c(NCCC(=O)N2CCN(c3cccc(Cl)c3)CC2)c(C)c1. The molecule has 0 saturated carbocycles. The van der Waals surface area contributed by atoms with E-state index in [9.17, 15) is 4.79 Å². The lowest BCUT2D eigenvalue weighted by Crippen LogP contribution is -2.49. The van der Waals surface area contributed by atoms with Gasteiger partial charge in [-0.25, -0.2) is 0 Å². The van der Waals surface area contributed by atoms with Crippen LogP contribution in [-0.2, 0) is 4.79 Å². The molecule has 0 spiro atoms. The number of amides is 1. The largest absolute Gasteiger partial charge is 0.384 e. The lowest BCUT2D eigenvalue weighted by molar-refractivity contribution is -0.131. The highest BCUT2D eigenvalue weighted by Crippen LogP contribution is 2.22. The summed E-state index contributed by atoms with van der Waals surface area (Å²) in [7, 11) is 0. The van der Waals surface area contributed by atoms with Crippen molar-refractivity contribution in [2.75, 3.05) is 42.9 Å². The molecule has 0 aliphatic carbocycles. The van der Waals surface area contributed by atoms with E-state index in [0.29, 0.717) is 13.0 Å². The fraction of sp³-hybridized carbons (Fsp3) is 0.409. The van der Waals surface area contributed by atoms with E-state index in [2.05, 4.69) is 49.2 Å². The second-order valence-corrected chi connectivity index (χ2v) is 7.73. The van der Waals surface area contributed by atoms with Crippen molar-refractivity contribution in [2.24, 2.45) is 0 Å². The zero-order valence-corrected chi connectivity index (χ0v) is 17.1. The highest BCUT2D eigenvalue weighted by atomic mass is 35.5. The number of anilines is 2. The molecule has 0 aromatic heterocycles. The van der Waals surface area contributed by atoms with Crippen molar-refractivity contribution in [3.8, 4) is 0 Å². The predicted octanol–water partition coefficient (Wildman–Crippen LogP) is 4.42. The van der Waals surface area contributed by atoms with E-state index in [4.69, 9.17) is 11.6 Å². The molecular weight excluding hydrogens is 358 g/mol. The summed E-state index contributed by atoms with van der Waals surface area (Å²) in [6.07, 6.45) is 0.518. The lowest BCUT2D eigenvalue weighted by Gasteiger charge is -2.36. The third-order valence-electron chi connectivity index (χ3n) is 5.12. The van der Waals surface area contributed by atoms with Gasteiger partial charge in [-0.2, -0.15) is 0 Å². The monoisotopic (exact) mass is 385 g/mol. The average Bonchev–Trinajstić information content (AvgIpc) is 2.64. The van der Waals surface area contributed by atoms with Crippen LogP contribution in [0.25, 0.3) is 0 Å². The molecule has 144 valence electrons. The Bertz CT molecular complexity index is 790. The molecule has 0 atom stereocenters. The zero-order valence-electron chi connectivity index (χ0n) is 16.4. The van der Waals surface area contributed by atoms with Gasteiger partial charge in [0.15, 0.2) is 0 Å². The fourth-order valence-electron chi connectivity index (χ4n) is 3.80. The Morgan fingerprint density at radius 3 is 2.33 bits per heavy atom. The third kappa shape index (κ3) is 4.95. The zero-order chi connectivity index (χ0) is 19.4. The number of carbonyl (C=O) groups excluding carboxylic acids is 1. The van der Waals surface area contributed by atoms with Crippen LogP contribution in [0.3, 0.4) is 0 Å². The molecule has 1 fully saturated rings. The summed E-state index contributed by atoms with van der Waals surface area (Å²) in [5.41, 5.74) is 6.01. The Morgan fingerprint density at radius 1 is 1.04 bits per heavy atom. The first-order valence-corrected chi connectivity index (χ1v) is 9.92. The van der Waals surface area contributed by atoms with Crippen molar-refractivity contribution in [2.45, 2.75) is 27.2 Å². The number of benzene rings is 2. The van der Waals surface area contributed by atoms with E-state index in [1.807, 2.05) is 23.1 Å². The maximum atomic E-state index is 12.6. The quantitative estimate of drug-likeness (QED) is 0.827. The van der Waals surface area contributed by atoms with Crippen LogP contribution in [0.15, 0.2) is 36.4 Å². The van der Waals surface area contributed by atoms with Gasteiger partial charge in [-0.15, -0.1) is 0 Å². The van der Waals surface area contributed by atoms with Gasteiger partial charge in [0, 0.05) is 55.5 Å². The molecule has 0 bridgehead atoms. The second kappa shape index (κ2) is 8.66. The molecule has 1 heterocycles. The normalized spacial score (nSPS) is 14.4. The van der Waals surface area contributed by atoms with E-state index in [0.717, 1.165) is 42.6 Å². The minimum Gasteiger partial charge on any atom is -0.384 e. The molecule has 0 unspecified atom stereocenters. The van der Waals surface area contributed by atoms with Gasteiger partial charge in [0.05, 0.1) is 0 Å². The van der Waals surface area contributed by atoms with Crippen molar-refractivity contribution in [3.63, 3.8) is 0 Å². The van der Waals surface area contributed by atoms with Crippen molar-refractivity contribution < 1.29 is 4.79 Å². The molecule has 3 rings (SSSR count). The number of hydrogen-bond acceptors (Lipinski definition) is 3. The number of piperazine rings is 1. The summed E-state index contributed by atoms with van der Waals surface area (Å²) in [5.74, 6) is 0.218. The van der Waals surface area contributed by atoms with Gasteiger partial charge in [-0.3, -0.25) is 4.79 Å². The first-order chi connectivity index (χ1) is 12.9. The minimum absolute atomic E-state index is 0.218. The maximum absolute atomic E-state index is 12.6. The Hall–Kier alpha value is -2.20. The molecule has 27 heavy (non-hydrogen) atoms. The molecule has 1 aliphatic heterocycles. The maximum Gasteiger partial charge on any atom is 0.224 e.